The van der Waals surface area contributed by atoms with Crippen molar-refractivity contribution in [3.05, 3.63) is 65.4 Å². The monoisotopic (exact) mass is 422 g/mol. The molecule has 8 heteroatoms. The average Bonchev–Trinajstić information content (AvgIpc) is 3.00. The van der Waals surface area contributed by atoms with Gasteiger partial charge in [0.15, 0.2) is 0 Å². The highest BCUT2D eigenvalue weighted by atomic mass is 16.7. The van der Waals surface area contributed by atoms with Crippen molar-refractivity contribution in [1.82, 2.24) is 5.48 Å². The van der Waals surface area contributed by atoms with Gasteiger partial charge in [-0.25, -0.2) is 0 Å². The normalized spacial score (nSPS) is 22.7. The van der Waals surface area contributed by atoms with E-state index in [0.29, 0.717) is 5.92 Å². The number of fused-ring (bicyclic) bond motifs is 2. The lowest BCUT2D eigenvalue weighted by molar-refractivity contribution is -0.129. The molecule has 164 valence electrons. The zero-order chi connectivity index (χ0) is 23.0. The van der Waals surface area contributed by atoms with Gasteiger partial charge in [-0.2, -0.15) is 5.48 Å². The standard InChI is InChI=1S/C23H32B2N2O4/c1-14-11-12-19-17(13-14)16-9-7-8-10-18(16)23(19,24-29)27-31-22(5,6)25-30-21(3,4)20(28)15(2)26/h7-12,14,24-25,27,29H,2,13,26H2,1,3-6H3. The third kappa shape index (κ3) is 4.44. The number of carbonyl (C=O) groups is 1. The minimum absolute atomic E-state index is 0.0403. The Balaban J connectivity index is 1.81. The van der Waals surface area contributed by atoms with Crippen LogP contribution in [0, 0.1) is 5.92 Å². The molecule has 0 heterocycles. The zero-order valence-electron chi connectivity index (χ0n) is 19.1. The number of hydrogen-bond acceptors (Lipinski definition) is 6. The van der Waals surface area contributed by atoms with Gasteiger partial charge in [0.25, 0.3) is 0 Å². The molecule has 3 rings (SSSR count). The van der Waals surface area contributed by atoms with E-state index in [9.17, 15) is 9.82 Å². The lowest BCUT2D eigenvalue weighted by atomic mass is 9.64. The van der Waals surface area contributed by atoms with Crippen molar-refractivity contribution in [2.45, 2.75) is 57.6 Å². The van der Waals surface area contributed by atoms with Crippen molar-refractivity contribution in [1.29, 1.82) is 0 Å². The Morgan fingerprint density at radius 1 is 1.32 bits per heavy atom. The number of nitrogens with two attached hydrogens (primary N) is 1. The van der Waals surface area contributed by atoms with Crippen LogP contribution in [-0.4, -0.2) is 36.9 Å². The molecule has 1 aromatic carbocycles. The maximum absolute atomic E-state index is 12.2. The Bertz CT molecular complexity index is 955. The van der Waals surface area contributed by atoms with Gasteiger partial charge >= 0.3 is 15.0 Å². The number of carbonyl (C=O) groups excluding carboxylic acids is 1. The van der Waals surface area contributed by atoms with E-state index in [1.54, 1.807) is 13.8 Å². The third-order valence-corrected chi connectivity index (χ3v) is 5.97. The Labute approximate surface area is 186 Å². The Morgan fingerprint density at radius 2 is 2.00 bits per heavy atom. The maximum Gasteiger partial charge on any atom is 0.311 e. The van der Waals surface area contributed by atoms with Crippen LogP contribution in [0.1, 0.15) is 52.2 Å². The second-order valence-electron chi connectivity index (χ2n) is 9.66. The van der Waals surface area contributed by atoms with Crippen LogP contribution in [-0.2, 0) is 19.7 Å². The first kappa shape index (κ1) is 23.5. The average molecular weight is 422 g/mol. The quantitative estimate of drug-likeness (QED) is 0.320. The lowest BCUT2D eigenvalue weighted by Gasteiger charge is -2.36. The van der Waals surface area contributed by atoms with Gasteiger partial charge in [0.1, 0.15) is 5.60 Å². The highest BCUT2D eigenvalue weighted by molar-refractivity contribution is 6.34. The van der Waals surface area contributed by atoms with Crippen LogP contribution in [0.2, 0.25) is 0 Å². The molecule has 4 N–H and O–H groups in total. The van der Waals surface area contributed by atoms with Gasteiger partial charge in [0.05, 0.1) is 16.6 Å². The van der Waals surface area contributed by atoms with Gasteiger partial charge < -0.3 is 20.2 Å². The number of nitrogens with one attached hydrogen (secondary N) is 1. The van der Waals surface area contributed by atoms with E-state index in [1.807, 2.05) is 32.0 Å². The summed E-state index contributed by atoms with van der Waals surface area (Å²) in [6.07, 6.45) is 5.17. The molecule has 2 unspecified atom stereocenters. The smallest absolute Gasteiger partial charge is 0.311 e. The van der Waals surface area contributed by atoms with Gasteiger partial charge in [-0.1, -0.05) is 49.9 Å². The van der Waals surface area contributed by atoms with Crippen LogP contribution < -0.4 is 11.2 Å². The molecule has 0 spiro atoms. The third-order valence-electron chi connectivity index (χ3n) is 5.97. The summed E-state index contributed by atoms with van der Waals surface area (Å²) in [5.41, 5.74) is 10.3. The molecular formula is C23H32B2N2O4. The fourth-order valence-corrected chi connectivity index (χ4v) is 4.15. The molecule has 1 aromatic rings. The number of rotatable bonds is 9. The number of allylic oxidation sites excluding steroid dienone is 2. The molecule has 0 bridgehead atoms. The molecule has 0 fully saturated rings. The number of hydrogen-bond donors (Lipinski definition) is 3. The first-order chi connectivity index (χ1) is 14.4. The summed E-state index contributed by atoms with van der Waals surface area (Å²) in [7, 11) is -0.0244. The van der Waals surface area contributed by atoms with Crippen molar-refractivity contribution in [2.75, 3.05) is 0 Å². The summed E-state index contributed by atoms with van der Waals surface area (Å²) in [6, 6.07) is 8.11. The first-order valence-corrected chi connectivity index (χ1v) is 10.6. The minimum Gasteiger partial charge on any atom is -0.451 e. The number of hydroxylamine groups is 1. The lowest BCUT2D eigenvalue weighted by Crippen LogP contribution is -2.53. The van der Waals surface area contributed by atoms with E-state index in [4.69, 9.17) is 15.2 Å². The summed E-state index contributed by atoms with van der Waals surface area (Å²) in [5, 5.41) is 10.5. The van der Waals surface area contributed by atoms with E-state index in [0.717, 1.165) is 23.1 Å². The summed E-state index contributed by atoms with van der Waals surface area (Å²) in [5.74, 6) is 0.0770. The van der Waals surface area contributed by atoms with E-state index in [2.05, 4.69) is 37.2 Å². The van der Waals surface area contributed by atoms with Crippen LogP contribution in [0.4, 0.5) is 0 Å². The Hall–Kier alpha value is -2.12. The molecule has 0 aliphatic heterocycles. The molecule has 2 aliphatic carbocycles. The summed E-state index contributed by atoms with van der Waals surface area (Å²) in [6.45, 7) is 12.7. The maximum atomic E-state index is 12.2. The van der Waals surface area contributed by atoms with E-state index < -0.39 is 16.5 Å². The van der Waals surface area contributed by atoms with Crippen molar-refractivity contribution in [3.63, 3.8) is 0 Å². The summed E-state index contributed by atoms with van der Waals surface area (Å²) >= 11 is 0. The van der Waals surface area contributed by atoms with Crippen molar-refractivity contribution < 1.29 is 19.3 Å². The molecule has 0 amide bonds. The molecule has 0 aromatic heterocycles. The van der Waals surface area contributed by atoms with Crippen molar-refractivity contribution >= 4 is 26.3 Å². The molecule has 2 atom stereocenters. The number of benzene rings is 1. The zero-order valence-corrected chi connectivity index (χ0v) is 19.1. The SMILES string of the molecule is C=C(N)C(=O)C(C)(C)OBC(C)(C)ONC1(BO)C2=C(CC(C)C=C2)c2ccccc21. The van der Waals surface area contributed by atoms with Crippen LogP contribution >= 0.6 is 0 Å². The van der Waals surface area contributed by atoms with Crippen LogP contribution in [0.5, 0.6) is 0 Å². The second-order valence-corrected chi connectivity index (χ2v) is 9.66. The first-order valence-electron chi connectivity index (χ1n) is 10.6. The van der Waals surface area contributed by atoms with E-state index in [1.165, 1.54) is 5.57 Å². The fourth-order valence-electron chi connectivity index (χ4n) is 4.15. The minimum atomic E-state index is -1.11. The topological polar surface area (TPSA) is 93.8 Å². The van der Waals surface area contributed by atoms with Crippen molar-refractivity contribution in [3.8, 4) is 0 Å². The van der Waals surface area contributed by atoms with Crippen molar-refractivity contribution in [2.24, 2.45) is 11.7 Å². The number of Topliss-reactive ketones (excluding diaryl/α,β-unsaturated/α-hetero) is 1. The van der Waals surface area contributed by atoms with Gasteiger partial charge in [0.2, 0.25) is 5.78 Å². The van der Waals surface area contributed by atoms with E-state index >= 15 is 0 Å². The van der Waals surface area contributed by atoms with Gasteiger partial charge in [0, 0.05) is 0 Å². The molecule has 0 radical (unpaired) electrons. The highest BCUT2D eigenvalue weighted by Crippen LogP contribution is 2.49. The molecule has 31 heavy (non-hydrogen) atoms. The second kappa shape index (κ2) is 8.43. The fraction of sp³-hybridized carbons (Fsp3) is 0.435. The predicted molar refractivity (Wildman–Crippen MR) is 126 cm³/mol. The highest BCUT2D eigenvalue weighted by Gasteiger charge is 2.47. The molecule has 0 saturated heterocycles. The molecule has 6 nitrogen and oxygen atoms in total. The Morgan fingerprint density at radius 3 is 2.65 bits per heavy atom. The molecule has 2 aliphatic rings. The van der Waals surface area contributed by atoms with Gasteiger partial charge in [-0.05, 0) is 62.3 Å². The Kier molecular flexibility index (Phi) is 6.40. The largest absolute Gasteiger partial charge is 0.451 e. The van der Waals surface area contributed by atoms with Gasteiger partial charge in [-0.15, -0.1) is 0 Å². The molecular weight excluding hydrogens is 390 g/mol. The van der Waals surface area contributed by atoms with Crippen LogP contribution in [0.15, 0.2) is 54.3 Å². The number of ketones is 1. The van der Waals surface area contributed by atoms with E-state index in [-0.39, 0.29) is 26.4 Å². The summed E-state index contributed by atoms with van der Waals surface area (Å²) < 4.78 is 5.85. The van der Waals surface area contributed by atoms with Crippen LogP contribution in [0.25, 0.3) is 5.57 Å². The summed E-state index contributed by atoms with van der Waals surface area (Å²) in [4.78, 5) is 18.3. The van der Waals surface area contributed by atoms with Gasteiger partial charge in [-0.3, -0.25) is 4.79 Å². The molecule has 0 saturated carbocycles. The van der Waals surface area contributed by atoms with Crippen LogP contribution in [0.3, 0.4) is 0 Å². The predicted octanol–water partition coefficient (Wildman–Crippen LogP) is 1.99.